The van der Waals surface area contributed by atoms with Crippen LogP contribution < -0.4 is 4.72 Å². The molecule has 1 aliphatic carbocycles. The van der Waals surface area contributed by atoms with Gasteiger partial charge in [0.1, 0.15) is 6.61 Å². The molecule has 2 aliphatic rings. The van der Waals surface area contributed by atoms with Gasteiger partial charge in [0.25, 0.3) is 0 Å². The minimum atomic E-state index is -3.42. The number of carbonyl (C=O) groups excluding carboxylic acids is 1. The van der Waals surface area contributed by atoms with Gasteiger partial charge < -0.3 is 9.47 Å². The summed E-state index contributed by atoms with van der Waals surface area (Å²) in [6.07, 6.45) is 4.83. The van der Waals surface area contributed by atoms with Crippen LogP contribution in [0.25, 0.3) is 0 Å². The van der Waals surface area contributed by atoms with Crippen molar-refractivity contribution in [3.05, 3.63) is 35.4 Å². The van der Waals surface area contributed by atoms with E-state index in [0.717, 1.165) is 5.56 Å². The van der Waals surface area contributed by atoms with E-state index in [0.29, 0.717) is 5.92 Å². The summed E-state index contributed by atoms with van der Waals surface area (Å²) < 4.78 is 36.5. The van der Waals surface area contributed by atoms with Gasteiger partial charge in [-0.1, -0.05) is 43.5 Å². The van der Waals surface area contributed by atoms with E-state index in [4.69, 9.17) is 9.47 Å². The van der Waals surface area contributed by atoms with Crippen LogP contribution in [0.2, 0.25) is 0 Å². The van der Waals surface area contributed by atoms with Gasteiger partial charge in [-0.3, -0.25) is 0 Å². The molecule has 138 valence electrons. The second kappa shape index (κ2) is 7.74. The van der Waals surface area contributed by atoms with Gasteiger partial charge in [-0.25, -0.2) is 17.9 Å². The van der Waals surface area contributed by atoms with Gasteiger partial charge in [0.2, 0.25) is 10.0 Å². The lowest BCUT2D eigenvalue weighted by Crippen LogP contribution is -2.47. The molecule has 1 aliphatic heterocycles. The second-order valence-electron chi connectivity index (χ2n) is 6.73. The fourth-order valence-electron chi connectivity index (χ4n) is 3.57. The van der Waals surface area contributed by atoms with E-state index in [9.17, 15) is 13.2 Å². The van der Waals surface area contributed by atoms with Crippen molar-refractivity contribution in [2.24, 2.45) is 0 Å². The molecule has 25 heavy (non-hydrogen) atoms. The predicted octanol–water partition coefficient (Wildman–Crippen LogP) is 3.25. The first kappa shape index (κ1) is 18.2. The Kier molecular flexibility index (Phi) is 5.64. The maximum absolute atomic E-state index is 11.9. The summed E-state index contributed by atoms with van der Waals surface area (Å²) in [4.78, 5) is 11.5. The molecule has 1 aromatic carbocycles. The fourth-order valence-corrected chi connectivity index (χ4v) is 4.39. The SMILES string of the molecule is CCS(=O)(=O)NC1COC(=O)OC1c1ccc(C2CCCCC2)cc1. The zero-order valence-electron chi connectivity index (χ0n) is 14.4. The highest BCUT2D eigenvalue weighted by Gasteiger charge is 2.35. The van der Waals surface area contributed by atoms with Crippen molar-refractivity contribution in [1.29, 1.82) is 0 Å². The number of carbonyl (C=O) groups is 1. The summed E-state index contributed by atoms with van der Waals surface area (Å²) in [6.45, 7) is 1.53. The molecular weight excluding hydrogens is 342 g/mol. The van der Waals surface area contributed by atoms with Crippen molar-refractivity contribution in [3.8, 4) is 0 Å². The monoisotopic (exact) mass is 367 g/mol. The maximum atomic E-state index is 11.9. The zero-order valence-corrected chi connectivity index (χ0v) is 15.3. The molecule has 0 bridgehead atoms. The van der Waals surface area contributed by atoms with Crippen molar-refractivity contribution < 1.29 is 22.7 Å². The third kappa shape index (κ3) is 4.52. The number of nitrogens with one attached hydrogen (secondary N) is 1. The van der Waals surface area contributed by atoms with Crippen LogP contribution in [0.5, 0.6) is 0 Å². The molecule has 0 spiro atoms. The Labute approximate surface area is 148 Å². The Bertz CT molecular complexity index is 695. The van der Waals surface area contributed by atoms with E-state index in [1.54, 1.807) is 6.92 Å². The Hall–Kier alpha value is -1.60. The van der Waals surface area contributed by atoms with Crippen molar-refractivity contribution in [3.63, 3.8) is 0 Å². The fraction of sp³-hybridized carbons (Fsp3) is 0.611. The van der Waals surface area contributed by atoms with Crippen LogP contribution in [0, 0.1) is 0 Å². The molecule has 1 N–H and O–H groups in total. The molecule has 2 atom stereocenters. The van der Waals surface area contributed by atoms with E-state index in [-0.39, 0.29) is 12.4 Å². The van der Waals surface area contributed by atoms with Gasteiger partial charge in [0.05, 0.1) is 11.8 Å². The quantitative estimate of drug-likeness (QED) is 0.808. The lowest BCUT2D eigenvalue weighted by Gasteiger charge is -2.31. The van der Waals surface area contributed by atoms with Crippen LogP contribution >= 0.6 is 0 Å². The molecule has 1 saturated carbocycles. The normalized spacial score (nSPS) is 25.2. The molecule has 1 heterocycles. The number of hydrogen-bond donors (Lipinski definition) is 1. The van der Waals surface area contributed by atoms with Gasteiger partial charge in [0, 0.05) is 0 Å². The standard InChI is InChI=1S/C18H25NO5S/c1-2-25(21,22)19-16-12-23-18(20)24-17(16)15-10-8-14(9-11-15)13-6-4-3-5-7-13/h8-11,13,16-17,19H,2-7,12H2,1H3. The molecule has 7 heteroatoms. The number of hydrogen-bond acceptors (Lipinski definition) is 5. The summed E-state index contributed by atoms with van der Waals surface area (Å²) in [5.74, 6) is 0.555. The van der Waals surface area contributed by atoms with Crippen LogP contribution in [0.15, 0.2) is 24.3 Å². The van der Waals surface area contributed by atoms with E-state index >= 15 is 0 Å². The van der Waals surface area contributed by atoms with Crippen molar-refractivity contribution in [2.45, 2.75) is 57.1 Å². The lowest BCUT2D eigenvalue weighted by molar-refractivity contribution is -0.0397. The molecule has 3 rings (SSSR count). The smallest absolute Gasteiger partial charge is 0.432 e. The highest BCUT2D eigenvalue weighted by Crippen LogP contribution is 2.34. The number of ether oxygens (including phenoxy) is 2. The number of sulfonamides is 1. The Balaban J connectivity index is 1.77. The summed E-state index contributed by atoms with van der Waals surface area (Å²) >= 11 is 0. The minimum absolute atomic E-state index is 0.0346. The summed E-state index contributed by atoms with van der Waals surface area (Å²) in [5.41, 5.74) is 2.08. The van der Waals surface area contributed by atoms with Crippen LogP contribution in [0.3, 0.4) is 0 Å². The van der Waals surface area contributed by atoms with Gasteiger partial charge in [-0.2, -0.15) is 0 Å². The van der Waals surface area contributed by atoms with Crippen LogP contribution in [0.4, 0.5) is 4.79 Å². The minimum Gasteiger partial charge on any atom is -0.432 e. The average molecular weight is 367 g/mol. The highest BCUT2D eigenvalue weighted by molar-refractivity contribution is 7.89. The lowest BCUT2D eigenvalue weighted by atomic mass is 9.83. The van der Waals surface area contributed by atoms with Gasteiger partial charge in [-0.05, 0) is 36.8 Å². The molecule has 2 unspecified atom stereocenters. The van der Waals surface area contributed by atoms with E-state index in [2.05, 4.69) is 16.9 Å². The zero-order chi connectivity index (χ0) is 17.9. The van der Waals surface area contributed by atoms with Crippen molar-refractivity contribution in [1.82, 2.24) is 4.72 Å². The largest absolute Gasteiger partial charge is 0.509 e. The van der Waals surface area contributed by atoms with Crippen molar-refractivity contribution in [2.75, 3.05) is 12.4 Å². The third-order valence-corrected chi connectivity index (χ3v) is 6.44. The van der Waals surface area contributed by atoms with Crippen LogP contribution in [-0.4, -0.2) is 33.0 Å². The van der Waals surface area contributed by atoms with Crippen LogP contribution in [-0.2, 0) is 19.5 Å². The van der Waals surface area contributed by atoms with Crippen LogP contribution in [0.1, 0.15) is 62.2 Å². The van der Waals surface area contributed by atoms with E-state index in [1.165, 1.54) is 37.7 Å². The Morgan fingerprint density at radius 1 is 1.08 bits per heavy atom. The summed E-state index contributed by atoms with van der Waals surface area (Å²) in [5, 5.41) is 0. The highest BCUT2D eigenvalue weighted by atomic mass is 32.2. The maximum Gasteiger partial charge on any atom is 0.509 e. The average Bonchev–Trinajstić information content (AvgIpc) is 2.64. The molecule has 2 fully saturated rings. The topological polar surface area (TPSA) is 81.7 Å². The number of benzene rings is 1. The Morgan fingerprint density at radius 3 is 2.36 bits per heavy atom. The molecule has 1 saturated heterocycles. The van der Waals surface area contributed by atoms with Gasteiger partial charge in [0.15, 0.2) is 6.10 Å². The molecule has 6 nitrogen and oxygen atoms in total. The molecule has 0 amide bonds. The van der Waals surface area contributed by atoms with E-state index in [1.807, 2.05) is 12.1 Å². The molecular formula is C18H25NO5S. The van der Waals surface area contributed by atoms with E-state index < -0.39 is 28.3 Å². The molecule has 1 aromatic rings. The summed E-state index contributed by atoms with van der Waals surface area (Å²) in [7, 11) is -3.42. The number of cyclic esters (lactones) is 2. The first-order valence-electron chi connectivity index (χ1n) is 8.92. The first-order chi connectivity index (χ1) is 12.0. The number of rotatable bonds is 5. The predicted molar refractivity (Wildman–Crippen MR) is 93.8 cm³/mol. The third-order valence-electron chi connectivity index (χ3n) is 5.02. The van der Waals surface area contributed by atoms with Gasteiger partial charge >= 0.3 is 6.16 Å². The molecule has 0 aromatic heterocycles. The van der Waals surface area contributed by atoms with Crippen molar-refractivity contribution >= 4 is 16.2 Å². The Morgan fingerprint density at radius 2 is 1.72 bits per heavy atom. The second-order valence-corrected chi connectivity index (χ2v) is 8.77. The molecule has 0 radical (unpaired) electrons. The van der Waals surface area contributed by atoms with Gasteiger partial charge in [-0.15, -0.1) is 0 Å². The summed E-state index contributed by atoms with van der Waals surface area (Å²) in [6, 6.07) is 7.38. The first-order valence-corrected chi connectivity index (χ1v) is 10.6.